The van der Waals surface area contributed by atoms with E-state index in [-0.39, 0.29) is 18.4 Å². The predicted octanol–water partition coefficient (Wildman–Crippen LogP) is 1.29. The summed E-state index contributed by atoms with van der Waals surface area (Å²) >= 11 is 0. The Hall–Kier alpha value is -2.61. The van der Waals surface area contributed by atoms with Gasteiger partial charge in [-0.2, -0.15) is 0 Å². The van der Waals surface area contributed by atoms with Gasteiger partial charge in [0, 0.05) is 30.0 Å². The average molecular weight is 341 g/mol. The normalized spacial score (nSPS) is 18.1. The number of hydrogen-bond donors (Lipinski definition) is 2. The standard InChI is InChI=1S/C17H23N7O/c1-11-6-12(2)21-17(20-11)23-16-8-19-7-14(22-16)13-4-3-5-24(9-13)10-15(18)25/h6-8,13H,3-5,9-10H2,1-2H3,(H2,18,25)(H,20,21,22,23). The van der Waals surface area contributed by atoms with E-state index in [0.29, 0.717) is 11.8 Å². The van der Waals surface area contributed by atoms with Gasteiger partial charge in [-0.1, -0.05) is 0 Å². The molecule has 3 N–H and O–H groups in total. The Morgan fingerprint density at radius 3 is 2.76 bits per heavy atom. The summed E-state index contributed by atoms with van der Waals surface area (Å²) in [7, 11) is 0. The molecule has 3 rings (SSSR count). The van der Waals surface area contributed by atoms with E-state index in [1.807, 2.05) is 19.9 Å². The first-order valence-electron chi connectivity index (χ1n) is 8.41. The van der Waals surface area contributed by atoms with Crippen LogP contribution < -0.4 is 11.1 Å². The molecule has 1 atom stereocenters. The number of rotatable bonds is 5. The Labute approximate surface area is 146 Å². The van der Waals surface area contributed by atoms with Gasteiger partial charge in [-0.25, -0.2) is 15.0 Å². The van der Waals surface area contributed by atoms with E-state index < -0.39 is 0 Å². The third-order valence-electron chi connectivity index (χ3n) is 4.18. The Morgan fingerprint density at radius 1 is 1.28 bits per heavy atom. The van der Waals surface area contributed by atoms with Crippen LogP contribution in [0.3, 0.4) is 0 Å². The van der Waals surface area contributed by atoms with E-state index in [2.05, 4.69) is 30.2 Å². The number of nitrogens with zero attached hydrogens (tertiary/aromatic N) is 5. The lowest BCUT2D eigenvalue weighted by Crippen LogP contribution is -2.40. The third-order valence-corrected chi connectivity index (χ3v) is 4.18. The number of likely N-dealkylation sites (tertiary alicyclic amines) is 1. The topological polar surface area (TPSA) is 110 Å². The average Bonchev–Trinajstić information content (AvgIpc) is 2.54. The maximum absolute atomic E-state index is 11.2. The molecule has 3 heterocycles. The molecule has 0 spiro atoms. The first-order valence-corrected chi connectivity index (χ1v) is 8.41. The van der Waals surface area contributed by atoms with Crippen LogP contribution in [0.2, 0.25) is 0 Å². The minimum atomic E-state index is -0.297. The van der Waals surface area contributed by atoms with E-state index in [4.69, 9.17) is 5.73 Å². The first kappa shape index (κ1) is 17.2. The van der Waals surface area contributed by atoms with E-state index in [9.17, 15) is 4.79 Å². The number of hydrogen-bond acceptors (Lipinski definition) is 7. The van der Waals surface area contributed by atoms with Crippen molar-refractivity contribution in [2.75, 3.05) is 25.0 Å². The minimum absolute atomic E-state index is 0.238. The second-order valence-electron chi connectivity index (χ2n) is 6.47. The highest BCUT2D eigenvalue weighted by atomic mass is 16.1. The van der Waals surface area contributed by atoms with Crippen molar-refractivity contribution in [3.05, 3.63) is 35.5 Å². The summed E-state index contributed by atoms with van der Waals surface area (Å²) in [5, 5.41) is 3.12. The van der Waals surface area contributed by atoms with Crippen LogP contribution in [0, 0.1) is 13.8 Å². The van der Waals surface area contributed by atoms with Crippen molar-refractivity contribution in [1.29, 1.82) is 0 Å². The summed E-state index contributed by atoms with van der Waals surface area (Å²) in [4.78, 5) is 30.9. The second kappa shape index (κ2) is 7.52. The van der Waals surface area contributed by atoms with E-state index in [1.165, 1.54) is 0 Å². The Morgan fingerprint density at radius 2 is 2.04 bits per heavy atom. The van der Waals surface area contributed by atoms with E-state index in [1.54, 1.807) is 12.4 Å². The van der Waals surface area contributed by atoms with E-state index in [0.717, 1.165) is 43.0 Å². The lowest BCUT2D eigenvalue weighted by atomic mass is 9.95. The number of aromatic nitrogens is 4. The number of piperidine rings is 1. The molecule has 1 aliphatic heterocycles. The van der Waals surface area contributed by atoms with Gasteiger partial charge < -0.3 is 11.1 Å². The number of carbonyl (C=O) groups is 1. The lowest BCUT2D eigenvalue weighted by molar-refractivity contribution is -0.119. The highest BCUT2D eigenvalue weighted by Crippen LogP contribution is 2.26. The number of carbonyl (C=O) groups excluding carboxylic acids is 1. The summed E-state index contributed by atoms with van der Waals surface area (Å²) in [6, 6.07) is 1.92. The van der Waals surface area contributed by atoms with Gasteiger partial charge in [-0.15, -0.1) is 0 Å². The third kappa shape index (κ3) is 4.69. The molecular weight excluding hydrogens is 318 g/mol. The molecule has 132 valence electrons. The summed E-state index contributed by atoms with van der Waals surface area (Å²) in [5.74, 6) is 1.08. The van der Waals surface area contributed by atoms with Crippen molar-refractivity contribution in [3.63, 3.8) is 0 Å². The Balaban J connectivity index is 1.73. The van der Waals surface area contributed by atoms with Gasteiger partial charge in [-0.3, -0.25) is 14.7 Å². The fraction of sp³-hybridized carbons (Fsp3) is 0.471. The summed E-state index contributed by atoms with van der Waals surface area (Å²) < 4.78 is 0. The van der Waals surface area contributed by atoms with Crippen molar-refractivity contribution >= 4 is 17.7 Å². The molecular formula is C17H23N7O. The van der Waals surface area contributed by atoms with Crippen molar-refractivity contribution < 1.29 is 4.79 Å². The number of nitrogens with one attached hydrogen (secondary N) is 1. The van der Waals surface area contributed by atoms with Crippen LogP contribution in [-0.2, 0) is 4.79 Å². The largest absolute Gasteiger partial charge is 0.369 e. The monoisotopic (exact) mass is 341 g/mol. The van der Waals surface area contributed by atoms with Gasteiger partial charge >= 0.3 is 0 Å². The molecule has 0 saturated carbocycles. The Bertz CT molecular complexity index is 744. The van der Waals surface area contributed by atoms with Crippen LogP contribution in [0.5, 0.6) is 0 Å². The number of primary amides is 1. The van der Waals surface area contributed by atoms with Gasteiger partial charge in [0.2, 0.25) is 11.9 Å². The molecule has 0 aliphatic carbocycles. The molecule has 2 aromatic heterocycles. The van der Waals surface area contributed by atoms with Gasteiger partial charge in [-0.05, 0) is 39.3 Å². The van der Waals surface area contributed by atoms with Gasteiger partial charge in [0.25, 0.3) is 0 Å². The molecule has 1 aliphatic rings. The van der Waals surface area contributed by atoms with Gasteiger partial charge in [0.05, 0.1) is 18.4 Å². The predicted molar refractivity (Wildman–Crippen MR) is 94.4 cm³/mol. The van der Waals surface area contributed by atoms with Crippen LogP contribution in [0.15, 0.2) is 18.5 Å². The molecule has 1 unspecified atom stereocenters. The zero-order chi connectivity index (χ0) is 17.8. The van der Waals surface area contributed by atoms with Crippen molar-refractivity contribution in [2.24, 2.45) is 5.73 Å². The molecule has 8 nitrogen and oxygen atoms in total. The highest BCUT2D eigenvalue weighted by molar-refractivity contribution is 5.75. The molecule has 2 aromatic rings. The number of nitrogens with two attached hydrogens (primary N) is 1. The fourth-order valence-corrected chi connectivity index (χ4v) is 3.20. The zero-order valence-electron chi connectivity index (χ0n) is 14.6. The second-order valence-corrected chi connectivity index (χ2v) is 6.47. The summed E-state index contributed by atoms with van der Waals surface area (Å²) in [6.45, 7) is 5.80. The fourth-order valence-electron chi connectivity index (χ4n) is 3.20. The van der Waals surface area contributed by atoms with Crippen LogP contribution >= 0.6 is 0 Å². The summed E-state index contributed by atoms with van der Waals surface area (Å²) in [6.07, 6.45) is 5.48. The number of anilines is 2. The van der Waals surface area contributed by atoms with Crippen molar-refractivity contribution in [2.45, 2.75) is 32.6 Å². The maximum Gasteiger partial charge on any atom is 0.231 e. The van der Waals surface area contributed by atoms with E-state index >= 15 is 0 Å². The lowest BCUT2D eigenvalue weighted by Gasteiger charge is -2.31. The first-order chi connectivity index (χ1) is 12.0. The maximum atomic E-state index is 11.2. The number of aryl methyl sites for hydroxylation is 2. The van der Waals surface area contributed by atoms with Crippen molar-refractivity contribution in [3.8, 4) is 0 Å². The summed E-state index contributed by atoms with van der Waals surface area (Å²) in [5.41, 5.74) is 8.01. The van der Waals surface area contributed by atoms with Crippen LogP contribution in [-0.4, -0.2) is 50.4 Å². The smallest absolute Gasteiger partial charge is 0.231 e. The molecule has 0 radical (unpaired) electrons. The molecule has 25 heavy (non-hydrogen) atoms. The molecule has 0 aromatic carbocycles. The minimum Gasteiger partial charge on any atom is -0.369 e. The molecule has 1 fully saturated rings. The number of amides is 1. The molecule has 0 bridgehead atoms. The quantitative estimate of drug-likeness (QED) is 0.843. The van der Waals surface area contributed by atoms with Crippen molar-refractivity contribution in [1.82, 2.24) is 24.8 Å². The van der Waals surface area contributed by atoms with Gasteiger partial charge in [0.1, 0.15) is 0 Å². The van der Waals surface area contributed by atoms with Crippen LogP contribution in [0.4, 0.5) is 11.8 Å². The van der Waals surface area contributed by atoms with Crippen LogP contribution in [0.25, 0.3) is 0 Å². The highest BCUT2D eigenvalue weighted by Gasteiger charge is 2.23. The molecule has 1 saturated heterocycles. The Kier molecular flexibility index (Phi) is 5.18. The molecule has 1 amide bonds. The zero-order valence-corrected chi connectivity index (χ0v) is 14.6. The van der Waals surface area contributed by atoms with Gasteiger partial charge in [0.15, 0.2) is 5.82 Å². The molecule has 8 heteroatoms. The van der Waals surface area contributed by atoms with Crippen LogP contribution in [0.1, 0.15) is 35.8 Å². The SMILES string of the molecule is Cc1cc(C)nc(Nc2cncc(C3CCCN(CC(N)=O)C3)n2)n1.